The van der Waals surface area contributed by atoms with Crippen molar-refractivity contribution in [3.63, 3.8) is 0 Å². The van der Waals surface area contributed by atoms with Crippen molar-refractivity contribution in [1.29, 1.82) is 0 Å². The number of hydrogen-bond acceptors (Lipinski definition) is 3. The number of carboxylic acid groups (broad SMARTS) is 1. The third-order valence-corrected chi connectivity index (χ3v) is 3.55. The molecule has 1 aromatic rings. The van der Waals surface area contributed by atoms with Crippen molar-refractivity contribution in [2.24, 2.45) is 0 Å². The van der Waals surface area contributed by atoms with Crippen molar-refractivity contribution in [1.82, 2.24) is 5.32 Å². The fourth-order valence-corrected chi connectivity index (χ4v) is 2.38. The minimum Gasteiger partial charge on any atom is -0.483 e. The predicted molar refractivity (Wildman–Crippen MR) is 83.5 cm³/mol. The number of rotatable bonds is 8. The molecule has 0 saturated carbocycles. The van der Waals surface area contributed by atoms with Crippen molar-refractivity contribution in [3.8, 4) is 5.75 Å². The van der Waals surface area contributed by atoms with E-state index in [1.807, 2.05) is 26.0 Å². The Bertz CT molecular complexity index is 504. The van der Waals surface area contributed by atoms with Crippen LogP contribution in [0.5, 0.6) is 5.75 Å². The highest BCUT2D eigenvalue weighted by atomic mass is 79.9. The van der Waals surface area contributed by atoms with E-state index >= 15 is 0 Å². The molecule has 0 radical (unpaired) electrons. The standard InChI is InChI=1S/C15H20BrNO4/c1-3-4-5-12(15(19)20)17-14(18)9-21-13-7-6-10(2)8-11(13)16/h6-8,12H,3-5,9H2,1-2H3,(H,17,18)(H,19,20)/t12-/m0/s1. The Balaban J connectivity index is 2.50. The van der Waals surface area contributed by atoms with E-state index in [-0.39, 0.29) is 6.61 Å². The maximum absolute atomic E-state index is 11.8. The van der Waals surface area contributed by atoms with Gasteiger partial charge in [-0.1, -0.05) is 25.8 Å². The van der Waals surface area contributed by atoms with Gasteiger partial charge in [0.1, 0.15) is 11.8 Å². The second-order valence-corrected chi connectivity index (χ2v) is 5.68. The molecule has 0 heterocycles. The lowest BCUT2D eigenvalue weighted by molar-refractivity contribution is -0.142. The summed E-state index contributed by atoms with van der Waals surface area (Å²) in [7, 11) is 0. The Morgan fingerprint density at radius 3 is 2.71 bits per heavy atom. The zero-order chi connectivity index (χ0) is 15.8. The number of amides is 1. The molecule has 1 amide bonds. The number of unbranched alkanes of at least 4 members (excludes halogenated alkanes) is 1. The quantitative estimate of drug-likeness (QED) is 0.749. The first-order valence-corrected chi connectivity index (χ1v) is 7.64. The van der Waals surface area contributed by atoms with Gasteiger partial charge in [-0.3, -0.25) is 4.79 Å². The smallest absolute Gasteiger partial charge is 0.326 e. The van der Waals surface area contributed by atoms with E-state index in [2.05, 4.69) is 21.2 Å². The highest BCUT2D eigenvalue weighted by Crippen LogP contribution is 2.25. The molecule has 1 aromatic carbocycles. The number of nitrogens with one attached hydrogen (secondary N) is 1. The normalized spacial score (nSPS) is 11.8. The zero-order valence-electron chi connectivity index (χ0n) is 12.2. The minimum absolute atomic E-state index is 0.211. The van der Waals surface area contributed by atoms with E-state index in [0.717, 1.165) is 22.9 Å². The van der Waals surface area contributed by atoms with Crippen molar-refractivity contribution in [2.45, 2.75) is 39.2 Å². The van der Waals surface area contributed by atoms with Crippen molar-refractivity contribution in [2.75, 3.05) is 6.61 Å². The second-order valence-electron chi connectivity index (χ2n) is 4.82. The number of benzene rings is 1. The molecule has 0 bridgehead atoms. The number of aryl methyl sites for hydroxylation is 1. The van der Waals surface area contributed by atoms with Gasteiger partial charge in [-0.2, -0.15) is 0 Å². The van der Waals surface area contributed by atoms with Crippen molar-refractivity contribution in [3.05, 3.63) is 28.2 Å². The fraction of sp³-hybridized carbons (Fsp3) is 0.467. The Labute approximate surface area is 132 Å². The third kappa shape index (κ3) is 6.16. The fourth-order valence-electron chi connectivity index (χ4n) is 1.77. The number of carbonyl (C=O) groups is 2. The van der Waals surface area contributed by atoms with E-state index in [1.165, 1.54) is 0 Å². The number of carbonyl (C=O) groups excluding carboxylic acids is 1. The van der Waals surface area contributed by atoms with Crippen LogP contribution in [-0.4, -0.2) is 29.6 Å². The van der Waals surface area contributed by atoms with Gasteiger partial charge in [0.2, 0.25) is 0 Å². The molecule has 1 rings (SSSR count). The number of hydrogen-bond donors (Lipinski definition) is 2. The summed E-state index contributed by atoms with van der Waals surface area (Å²) in [5, 5.41) is 11.5. The largest absolute Gasteiger partial charge is 0.483 e. The SMILES string of the molecule is CCCC[C@H](NC(=O)COc1ccc(C)cc1Br)C(=O)O. The van der Waals surface area contributed by atoms with Crippen LogP contribution in [0, 0.1) is 6.92 Å². The second kappa shape index (κ2) is 8.67. The van der Waals surface area contributed by atoms with Gasteiger partial charge in [-0.05, 0) is 47.0 Å². The Morgan fingerprint density at radius 1 is 1.43 bits per heavy atom. The molecular weight excluding hydrogens is 338 g/mol. The monoisotopic (exact) mass is 357 g/mol. The molecule has 0 unspecified atom stereocenters. The summed E-state index contributed by atoms with van der Waals surface area (Å²) in [5.74, 6) is -0.907. The Morgan fingerprint density at radius 2 is 2.14 bits per heavy atom. The first-order valence-electron chi connectivity index (χ1n) is 6.85. The van der Waals surface area contributed by atoms with Crippen molar-refractivity contribution < 1.29 is 19.4 Å². The van der Waals surface area contributed by atoms with Crippen LogP contribution in [0.1, 0.15) is 31.7 Å². The average Bonchev–Trinajstić information content (AvgIpc) is 2.42. The van der Waals surface area contributed by atoms with Crippen LogP contribution in [0.4, 0.5) is 0 Å². The Kier molecular flexibility index (Phi) is 7.22. The van der Waals surface area contributed by atoms with Gasteiger partial charge in [0, 0.05) is 0 Å². The van der Waals surface area contributed by atoms with Gasteiger partial charge in [0.25, 0.3) is 5.91 Å². The van der Waals surface area contributed by atoms with Crippen LogP contribution in [0.25, 0.3) is 0 Å². The first-order chi connectivity index (χ1) is 9.93. The molecular formula is C15H20BrNO4. The third-order valence-electron chi connectivity index (χ3n) is 2.93. The van der Waals surface area contributed by atoms with Crippen molar-refractivity contribution >= 4 is 27.8 Å². The highest BCUT2D eigenvalue weighted by Gasteiger charge is 2.19. The molecule has 0 saturated heterocycles. The molecule has 21 heavy (non-hydrogen) atoms. The summed E-state index contributed by atoms with van der Waals surface area (Å²) in [6.45, 7) is 3.71. The molecule has 5 nitrogen and oxygen atoms in total. The summed E-state index contributed by atoms with van der Waals surface area (Å²) < 4.78 is 6.15. The van der Waals surface area contributed by atoms with Crippen LogP contribution in [0.3, 0.4) is 0 Å². The number of carboxylic acids is 1. The van der Waals surface area contributed by atoms with E-state index in [9.17, 15) is 9.59 Å². The van der Waals surface area contributed by atoms with Gasteiger partial charge in [-0.15, -0.1) is 0 Å². The molecule has 0 aliphatic heterocycles. The van der Waals surface area contributed by atoms with Gasteiger partial charge in [-0.25, -0.2) is 4.79 Å². The average molecular weight is 358 g/mol. The number of halogens is 1. The molecule has 6 heteroatoms. The van der Waals surface area contributed by atoms with Crippen LogP contribution in [0.15, 0.2) is 22.7 Å². The summed E-state index contributed by atoms with van der Waals surface area (Å²) in [4.78, 5) is 22.8. The van der Waals surface area contributed by atoms with Gasteiger partial charge in [0.05, 0.1) is 4.47 Å². The van der Waals surface area contributed by atoms with Crippen LogP contribution >= 0.6 is 15.9 Å². The molecule has 0 aliphatic carbocycles. The molecule has 0 fully saturated rings. The van der Waals surface area contributed by atoms with Crippen LogP contribution in [0.2, 0.25) is 0 Å². The van der Waals surface area contributed by atoms with Gasteiger partial charge in [0.15, 0.2) is 6.61 Å². The summed E-state index contributed by atoms with van der Waals surface area (Å²) in [5.41, 5.74) is 1.07. The van der Waals surface area contributed by atoms with Gasteiger partial charge < -0.3 is 15.2 Å². The topological polar surface area (TPSA) is 75.6 Å². The lowest BCUT2D eigenvalue weighted by Gasteiger charge is -2.15. The molecule has 2 N–H and O–H groups in total. The molecule has 0 spiro atoms. The van der Waals surface area contributed by atoms with E-state index < -0.39 is 17.9 Å². The lowest BCUT2D eigenvalue weighted by Crippen LogP contribution is -2.42. The zero-order valence-corrected chi connectivity index (χ0v) is 13.8. The number of ether oxygens (including phenoxy) is 1. The molecule has 0 aliphatic rings. The Hall–Kier alpha value is -1.56. The summed E-state index contributed by atoms with van der Waals surface area (Å²) >= 11 is 3.35. The first kappa shape index (κ1) is 17.5. The summed E-state index contributed by atoms with van der Waals surface area (Å²) in [6, 6.07) is 4.66. The van der Waals surface area contributed by atoms with Crippen LogP contribution < -0.4 is 10.1 Å². The van der Waals surface area contributed by atoms with E-state index in [1.54, 1.807) is 6.07 Å². The van der Waals surface area contributed by atoms with E-state index in [4.69, 9.17) is 9.84 Å². The maximum Gasteiger partial charge on any atom is 0.326 e. The number of aliphatic carboxylic acids is 1. The molecule has 1 atom stereocenters. The maximum atomic E-state index is 11.8. The molecule has 116 valence electrons. The minimum atomic E-state index is -1.02. The predicted octanol–water partition coefficient (Wildman–Crippen LogP) is 2.90. The highest BCUT2D eigenvalue weighted by molar-refractivity contribution is 9.10. The van der Waals surface area contributed by atoms with Gasteiger partial charge >= 0.3 is 5.97 Å². The van der Waals surface area contributed by atoms with E-state index in [0.29, 0.717) is 12.2 Å². The molecule has 0 aromatic heterocycles. The summed E-state index contributed by atoms with van der Waals surface area (Å²) in [6.07, 6.45) is 2.06. The van der Waals surface area contributed by atoms with Crippen LogP contribution in [-0.2, 0) is 9.59 Å². The lowest BCUT2D eigenvalue weighted by atomic mass is 10.1.